The number of rotatable bonds is 3. The molecule has 1 saturated carbocycles. The molecule has 0 aromatic heterocycles. The van der Waals surface area contributed by atoms with Gasteiger partial charge < -0.3 is 10.1 Å². The van der Waals surface area contributed by atoms with E-state index in [1.54, 1.807) is 0 Å². The van der Waals surface area contributed by atoms with Gasteiger partial charge in [-0.05, 0) is 19.3 Å². The second-order valence-corrected chi connectivity index (χ2v) is 3.23. The van der Waals surface area contributed by atoms with Crippen molar-refractivity contribution in [1.82, 2.24) is 5.32 Å². The lowest BCUT2D eigenvalue weighted by molar-refractivity contribution is -0.160. The van der Waals surface area contributed by atoms with Gasteiger partial charge in [0.2, 0.25) is 5.91 Å². The molecular weight excluding hydrogens is 180 g/mol. The van der Waals surface area contributed by atoms with Crippen LogP contribution in [0.4, 0.5) is 8.78 Å². The molecule has 0 heterocycles. The Hall–Kier alpha value is -0.710. The number of hydrogen-bond donors (Lipinski definition) is 1. The van der Waals surface area contributed by atoms with Gasteiger partial charge >= 0.3 is 6.61 Å². The van der Waals surface area contributed by atoms with E-state index in [-0.39, 0.29) is 11.9 Å². The summed E-state index contributed by atoms with van der Waals surface area (Å²) in [5.41, 5.74) is 0. The summed E-state index contributed by atoms with van der Waals surface area (Å²) in [5.74, 6) is -0.123. The Morgan fingerprint density at radius 2 is 2.23 bits per heavy atom. The molecule has 13 heavy (non-hydrogen) atoms. The van der Waals surface area contributed by atoms with Crippen molar-refractivity contribution < 1.29 is 18.3 Å². The van der Waals surface area contributed by atoms with Crippen molar-refractivity contribution >= 4 is 5.91 Å². The molecule has 1 rings (SSSR count). The average molecular weight is 193 g/mol. The maximum atomic E-state index is 11.8. The van der Waals surface area contributed by atoms with Crippen LogP contribution < -0.4 is 5.32 Å². The van der Waals surface area contributed by atoms with Crippen molar-refractivity contribution in [1.29, 1.82) is 0 Å². The normalized spacial score (nSPS) is 28.0. The third kappa shape index (κ3) is 3.67. The van der Waals surface area contributed by atoms with Gasteiger partial charge in [0, 0.05) is 13.0 Å². The molecule has 1 fully saturated rings. The predicted molar refractivity (Wildman–Crippen MR) is 42.3 cm³/mol. The first kappa shape index (κ1) is 10.4. The van der Waals surface area contributed by atoms with Crippen LogP contribution in [0.25, 0.3) is 0 Å². The third-order valence-electron chi connectivity index (χ3n) is 2.09. The molecule has 0 spiro atoms. The molecule has 0 aromatic carbocycles. The van der Waals surface area contributed by atoms with E-state index in [9.17, 15) is 13.6 Å². The molecular formula is C8H13F2NO2. The van der Waals surface area contributed by atoms with Gasteiger partial charge in [-0.15, -0.1) is 0 Å². The summed E-state index contributed by atoms with van der Waals surface area (Å²) in [4.78, 5) is 10.6. The van der Waals surface area contributed by atoms with Crippen LogP contribution in [0.5, 0.6) is 0 Å². The molecule has 2 unspecified atom stereocenters. The quantitative estimate of drug-likeness (QED) is 0.733. The number of nitrogens with one attached hydrogen (secondary N) is 1. The maximum Gasteiger partial charge on any atom is 0.345 e. The molecule has 2 atom stereocenters. The van der Waals surface area contributed by atoms with Crippen molar-refractivity contribution in [3.63, 3.8) is 0 Å². The zero-order valence-corrected chi connectivity index (χ0v) is 7.43. The fraction of sp³-hybridized carbons (Fsp3) is 0.875. The Bertz CT molecular complexity index is 187. The summed E-state index contributed by atoms with van der Waals surface area (Å²) in [6, 6.07) is 0.00116. The first-order chi connectivity index (χ1) is 6.08. The zero-order valence-electron chi connectivity index (χ0n) is 7.43. The summed E-state index contributed by atoms with van der Waals surface area (Å²) in [6.07, 6.45) is 1.40. The van der Waals surface area contributed by atoms with Gasteiger partial charge in [-0.2, -0.15) is 8.78 Å². The molecule has 0 saturated heterocycles. The predicted octanol–water partition coefficient (Wildman–Crippen LogP) is 1.28. The van der Waals surface area contributed by atoms with Crippen LogP contribution in [0.2, 0.25) is 0 Å². The molecule has 1 aliphatic carbocycles. The highest BCUT2D eigenvalue weighted by atomic mass is 19.3. The van der Waals surface area contributed by atoms with E-state index in [0.717, 1.165) is 6.42 Å². The van der Waals surface area contributed by atoms with Gasteiger partial charge in [0.05, 0.1) is 6.10 Å². The number of hydrogen-bond acceptors (Lipinski definition) is 2. The molecule has 1 amide bonds. The second kappa shape index (κ2) is 4.50. The van der Waals surface area contributed by atoms with E-state index in [4.69, 9.17) is 0 Å². The monoisotopic (exact) mass is 193 g/mol. The van der Waals surface area contributed by atoms with E-state index in [2.05, 4.69) is 10.1 Å². The molecule has 3 nitrogen and oxygen atoms in total. The van der Waals surface area contributed by atoms with Crippen molar-refractivity contribution in [3.05, 3.63) is 0 Å². The molecule has 1 N–H and O–H groups in total. The van der Waals surface area contributed by atoms with Crippen LogP contribution in [0.1, 0.15) is 26.2 Å². The van der Waals surface area contributed by atoms with Crippen LogP contribution in [0.15, 0.2) is 0 Å². The van der Waals surface area contributed by atoms with Crippen molar-refractivity contribution in [3.8, 4) is 0 Å². The van der Waals surface area contributed by atoms with Gasteiger partial charge in [-0.3, -0.25) is 4.79 Å². The molecule has 0 bridgehead atoms. The molecule has 0 aliphatic heterocycles. The van der Waals surface area contributed by atoms with E-state index < -0.39 is 12.7 Å². The van der Waals surface area contributed by atoms with Crippen molar-refractivity contribution in [2.24, 2.45) is 0 Å². The SMILES string of the molecule is CC(=O)NC1CCC(OC(F)F)C1. The Morgan fingerprint density at radius 3 is 2.77 bits per heavy atom. The van der Waals surface area contributed by atoms with E-state index in [1.807, 2.05) is 0 Å². The molecule has 76 valence electrons. The van der Waals surface area contributed by atoms with Gasteiger partial charge in [-0.25, -0.2) is 0 Å². The van der Waals surface area contributed by atoms with Crippen LogP contribution in [0, 0.1) is 0 Å². The Morgan fingerprint density at radius 1 is 1.54 bits per heavy atom. The molecule has 1 aliphatic rings. The van der Waals surface area contributed by atoms with Crippen molar-refractivity contribution in [2.45, 2.75) is 44.9 Å². The van der Waals surface area contributed by atoms with Gasteiger partial charge in [0.1, 0.15) is 0 Å². The minimum Gasteiger partial charge on any atom is -0.354 e. The summed E-state index contributed by atoms with van der Waals surface area (Å²) in [7, 11) is 0. The summed E-state index contributed by atoms with van der Waals surface area (Å²) in [5, 5.41) is 2.68. The van der Waals surface area contributed by atoms with Gasteiger partial charge in [0.25, 0.3) is 0 Å². The highest BCUT2D eigenvalue weighted by Crippen LogP contribution is 2.23. The van der Waals surface area contributed by atoms with E-state index in [1.165, 1.54) is 6.92 Å². The average Bonchev–Trinajstić information content (AvgIpc) is 2.33. The van der Waals surface area contributed by atoms with Crippen LogP contribution in [0.3, 0.4) is 0 Å². The fourth-order valence-electron chi connectivity index (χ4n) is 1.63. The summed E-state index contributed by atoms with van der Waals surface area (Å²) >= 11 is 0. The number of amides is 1. The largest absolute Gasteiger partial charge is 0.354 e. The number of halogens is 2. The van der Waals surface area contributed by atoms with E-state index >= 15 is 0 Å². The number of alkyl halides is 2. The van der Waals surface area contributed by atoms with Crippen LogP contribution in [-0.2, 0) is 9.53 Å². The standard InChI is InChI=1S/C8H13F2NO2/c1-5(12)11-6-2-3-7(4-6)13-8(9)10/h6-8H,2-4H2,1H3,(H,11,12). The third-order valence-corrected chi connectivity index (χ3v) is 2.09. The molecule has 5 heteroatoms. The lowest BCUT2D eigenvalue weighted by atomic mass is 10.2. The minimum absolute atomic E-state index is 0.00116. The second-order valence-electron chi connectivity index (χ2n) is 3.23. The Balaban J connectivity index is 2.24. The topological polar surface area (TPSA) is 38.3 Å². The smallest absolute Gasteiger partial charge is 0.345 e. The first-order valence-corrected chi connectivity index (χ1v) is 4.28. The summed E-state index contributed by atoms with van der Waals surface area (Å²) in [6.45, 7) is -1.29. The summed E-state index contributed by atoms with van der Waals surface area (Å²) < 4.78 is 27.9. The fourth-order valence-corrected chi connectivity index (χ4v) is 1.63. The first-order valence-electron chi connectivity index (χ1n) is 4.28. The number of ether oxygens (including phenoxy) is 1. The highest BCUT2D eigenvalue weighted by Gasteiger charge is 2.27. The lowest BCUT2D eigenvalue weighted by Gasteiger charge is -2.12. The lowest BCUT2D eigenvalue weighted by Crippen LogP contribution is -2.31. The maximum absolute atomic E-state index is 11.8. The van der Waals surface area contributed by atoms with Gasteiger partial charge in [0.15, 0.2) is 0 Å². The highest BCUT2D eigenvalue weighted by molar-refractivity contribution is 5.73. The van der Waals surface area contributed by atoms with Crippen molar-refractivity contribution in [2.75, 3.05) is 0 Å². The van der Waals surface area contributed by atoms with Gasteiger partial charge in [-0.1, -0.05) is 0 Å². The Labute approximate surface area is 75.4 Å². The zero-order chi connectivity index (χ0) is 9.84. The van der Waals surface area contributed by atoms with Crippen LogP contribution >= 0.6 is 0 Å². The minimum atomic E-state index is -2.71. The Kier molecular flexibility index (Phi) is 3.59. The molecule has 0 radical (unpaired) electrons. The van der Waals surface area contributed by atoms with E-state index in [0.29, 0.717) is 12.8 Å². The number of carbonyl (C=O) groups is 1. The molecule has 0 aromatic rings. The number of carbonyl (C=O) groups excluding carboxylic acids is 1. The van der Waals surface area contributed by atoms with Crippen LogP contribution in [-0.4, -0.2) is 24.7 Å².